The molecule has 3 aliphatic rings. The number of nitrogens with zero attached hydrogens (tertiary/aromatic N) is 2. The van der Waals surface area contributed by atoms with Gasteiger partial charge in [-0.25, -0.2) is 0 Å². The zero-order valence-corrected chi connectivity index (χ0v) is 16.8. The Morgan fingerprint density at radius 3 is 2.47 bits per heavy atom. The molecule has 2 aromatic carbocycles. The second kappa shape index (κ2) is 6.64. The maximum Gasteiger partial charge on any atom is 0.294 e. The van der Waals surface area contributed by atoms with Crippen LogP contribution in [0, 0.1) is 11.8 Å². The minimum atomic E-state index is -1.11. The average molecular weight is 402 g/mol. The van der Waals surface area contributed by atoms with E-state index >= 15 is 0 Å². The van der Waals surface area contributed by atoms with E-state index in [9.17, 15) is 14.4 Å². The van der Waals surface area contributed by atoms with E-state index in [0.717, 1.165) is 16.8 Å². The number of likely N-dealkylation sites (tertiary alicyclic amines) is 1. The Labute approximate surface area is 175 Å². The SMILES string of the molecule is C=CCN1C(=O)[C@@]2([NH2+][C@@H](Cc3ccccc3)[C@H]3C(=O)N(C)C(=O)[C@H]32)c2ccccc21. The molecule has 2 N–H and O–H groups in total. The first-order chi connectivity index (χ1) is 14.5. The highest BCUT2D eigenvalue weighted by atomic mass is 16.2. The highest BCUT2D eigenvalue weighted by Crippen LogP contribution is 2.50. The number of rotatable bonds is 4. The van der Waals surface area contributed by atoms with Gasteiger partial charge in [-0.15, -0.1) is 6.58 Å². The van der Waals surface area contributed by atoms with Gasteiger partial charge < -0.3 is 10.2 Å². The standard InChI is InChI=1S/C24H23N3O3/c1-3-13-27-18-12-8-7-11-16(18)24(23(27)30)20-19(21(28)26(2)22(20)29)17(25-24)14-15-9-5-4-6-10-15/h3-12,17,19-20,25H,1,13-14H2,2H3/p+1/t17-,19+,20-,24+/m0/s1. The number of carbonyl (C=O) groups is 3. The molecule has 152 valence electrons. The van der Waals surface area contributed by atoms with Gasteiger partial charge in [-0.3, -0.25) is 19.3 Å². The van der Waals surface area contributed by atoms with Crippen molar-refractivity contribution in [2.24, 2.45) is 11.8 Å². The van der Waals surface area contributed by atoms with E-state index in [4.69, 9.17) is 0 Å². The fraction of sp³-hybridized carbons (Fsp3) is 0.292. The average Bonchev–Trinajstić information content (AvgIpc) is 3.30. The van der Waals surface area contributed by atoms with Gasteiger partial charge in [0.2, 0.25) is 17.4 Å². The van der Waals surface area contributed by atoms with Crippen LogP contribution in [0.1, 0.15) is 11.1 Å². The molecule has 2 saturated heterocycles. The smallest absolute Gasteiger partial charge is 0.294 e. The number of hydrogen-bond acceptors (Lipinski definition) is 3. The molecule has 0 aliphatic carbocycles. The van der Waals surface area contributed by atoms with Crippen LogP contribution in [0.25, 0.3) is 0 Å². The number of fused-ring (bicyclic) bond motifs is 4. The maximum atomic E-state index is 13.8. The Kier molecular flexibility index (Phi) is 4.15. The Balaban J connectivity index is 1.66. The number of hydrogen-bond donors (Lipinski definition) is 1. The molecule has 6 nitrogen and oxygen atoms in total. The summed E-state index contributed by atoms with van der Waals surface area (Å²) in [5.41, 5.74) is 1.60. The van der Waals surface area contributed by atoms with E-state index in [0.29, 0.717) is 13.0 Å². The third kappa shape index (κ3) is 2.31. The first-order valence-corrected chi connectivity index (χ1v) is 10.2. The molecule has 1 spiro atoms. The number of anilines is 1. The molecule has 2 aromatic rings. The van der Waals surface area contributed by atoms with Crippen molar-refractivity contribution in [3.8, 4) is 0 Å². The first-order valence-electron chi connectivity index (χ1n) is 10.2. The van der Waals surface area contributed by atoms with Gasteiger partial charge in [0.05, 0.1) is 5.69 Å². The summed E-state index contributed by atoms with van der Waals surface area (Å²) in [5, 5.41) is 2.00. The number of nitrogens with two attached hydrogens (primary N) is 1. The van der Waals surface area contributed by atoms with E-state index < -0.39 is 17.4 Å². The molecule has 0 bridgehead atoms. The lowest BCUT2D eigenvalue weighted by atomic mass is 9.76. The van der Waals surface area contributed by atoms with Crippen LogP contribution in [0.15, 0.2) is 67.3 Å². The molecule has 4 atom stereocenters. The normalized spacial score (nSPS) is 29.6. The molecule has 0 saturated carbocycles. The van der Waals surface area contributed by atoms with Crippen LogP contribution in [-0.2, 0) is 26.3 Å². The highest BCUT2D eigenvalue weighted by Gasteiger charge is 2.74. The lowest BCUT2D eigenvalue weighted by Gasteiger charge is -2.26. The van der Waals surface area contributed by atoms with Crippen LogP contribution in [-0.4, -0.2) is 42.3 Å². The molecule has 3 amide bonds. The Bertz CT molecular complexity index is 1070. The second-order valence-corrected chi connectivity index (χ2v) is 8.35. The molecule has 3 heterocycles. The second-order valence-electron chi connectivity index (χ2n) is 8.35. The molecule has 6 heteroatoms. The number of benzene rings is 2. The molecular weight excluding hydrogens is 378 g/mol. The lowest BCUT2D eigenvalue weighted by molar-refractivity contribution is -0.733. The van der Waals surface area contributed by atoms with E-state index in [-0.39, 0.29) is 23.8 Å². The molecule has 30 heavy (non-hydrogen) atoms. The van der Waals surface area contributed by atoms with E-state index in [1.54, 1.807) is 11.0 Å². The molecule has 0 aromatic heterocycles. The third-order valence-electron chi connectivity index (χ3n) is 6.87. The largest absolute Gasteiger partial charge is 0.326 e. The van der Waals surface area contributed by atoms with Gasteiger partial charge in [0, 0.05) is 25.6 Å². The molecule has 3 aliphatic heterocycles. The van der Waals surface area contributed by atoms with Gasteiger partial charge in [0.1, 0.15) is 17.9 Å². The third-order valence-corrected chi connectivity index (χ3v) is 6.87. The Morgan fingerprint density at radius 2 is 1.73 bits per heavy atom. The topological polar surface area (TPSA) is 74.3 Å². The molecule has 2 fully saturated rings. The summed E-state index contributed by atoms with van der Waals surface area (Å²) in [6.07, 6.45) is 2.31. The first kappa shape index (κ1) is 18.8. The van der Waals surface area contributed by atoms with Crippen molar-refractivity contribution in [1.82, 2.24) is 4.90 Å². The zero-order chi connectivity index (χ0) is 21.0. The highest BCUT2D eigenvalue weighted by molar-refractivity contribution is 6.14. The maximum absolute atomic E-state index is 13.8. The Hall–Kier alpha value is -3.25. The molecule has 5 rings (SSSR count). The van der Waals surface area contributed by atoms with E-state index in [2.05, 4.69) is 6.58 Å². The van der Waals surface area contributed by atoms with Gasteiger partial charge in [0.25, 0.3) is 5.91 Å². The summed E-state index contributed by atoms with van der Waals surface area (Å²) in [6.45, 7) is 4.15. The number of amides is 3. The van der Waals surface area contributed by atoms with Crippen LogP contribution in [0.4, 0.5) is 5.69 Å². The zero-order valence-electron chi connectivity index (χ0n) is 16.8. The van der Waals surface area contributed by atoms with Crippen LogP contribution in [0.5, 0.6) is 0 Å². The van der Waals surface area contributed by atoms with Gasteiger partial charge in [-0.1, -0.05) is 54.6 Å². The van der Waals surface area contributed by atoms with Crippen molar-refractivity contribution < 1.29 is 19.7 Å². The van der Waals surface area contributed by atoms with Crippen molar-refractivity contribution in [3.05, 3.63) is 78.4 Å². The summed E-state index contributed by atoms with van der Waals surface area (Å²) in [5.74, 6) is -1.81. The number of quaternary nitrogens is 1. The summed E-state index contributed by atoms with van der Waals surface area (Å²) in [7, 11) is 1.53. The predicted molar refractivity (Wildman–Crippen MR) is 111 cm³/mol. The van der Waals surface area contributed by atoms with Crippen LogP contribution in [0.3, 0.4) is 0 Å². The van der Waals surface area contributed by atoms with E-state index in [1.165, 1.54) is 11.9 Å². The van der Waals surface area contributed by atoms with Crippen molar-refractivity contribution >= 4 is 23.4 Å². The quantitative estimate of drug-likeness (QED) is 0.608. The lowest BCUT2D eigenvalue weighted by Crippen LogP contribution is -2.99. The summed E-state index contributed by atoms with van der Waals surface area (Å²) in [4.78, 5) is 43.1. The van der Waals surface area contributed by atoms with Crippen LogP contribution < -0.4 is 10.2 Å². The fourth-order valence-corrected chi connectivity index (χ4v) is 5.64. The van der Waals surface area contributed by atoms with Crippen LogP contribution >= 0.6 is 0 Å². The molecular formula is C24H24N3O3+. The minimum Gasteiger partial charge on any atom is -0.326 e. The number of para-hydroxylation sites is 1. The molecule has 0 radical (unpaired) electrons. The van der Waals surface area contributed by atoms with Crippen molar-refractivity contribution in [2.75, 3.05) is 18.5 Å². The van der Waals surface area contributed by atoms with Gasteiger partial charge in [0.15, 0.2) is 0 Å². The molecule has 0 unspecified atom stereocenters. The summed E-state index contributed by atoms with van der Waals surface area (Å²) in [6, 6.07) is 17.3. The minimum absolute atomic E-state index is 0.134. The monoisotopic (exact) mass is 402 g/mol. The van der Waals surface area contributed by atoms with Crippen molar-refractivity contribution in [2.45, 2.75) is 18.0 Å². The van der Waals surface area contributed by atoms with Gasteiger partial charge in [-0.05, 0) is 11.6 Å². The van der Waals surface area contributed by atoms with Gasteiger partial charge >= 0.3 is 0 Å². The number of imide groups is 1. The van der Waals surface area contributed by atoms with Crippen molar-refractivity contribution in [3.63, 3.8) is 0 Å². The predicted octanol–water partition coefficient (Wildman–Crippen LogP) is 0.834. The fourth-order valence-electron chi connectivity index (χ4n) is 5.64. The summed E-state index contributed by atoms with van der Waals surface area (Å²) < 4.78 is 0. The summed E-state index contributed by atoms with van der Waals surface area (Å²) >= 11 is 0. The van der Waals surface area contributed by atoms with Crippen molar-refractivity contribution in [1.29, 1.82) is 0 Å². The van der Waals surface area contributed by atoms with E-state index in [1.807, 2.05) is 59.9 Å². The number of carbonyl (C=O) groups excluding carboxylic acids is 3. The Morgan fingerprint density at radius 1 is 1.03 bits per heavy atom. The van der Waals surface area contributed by atoms with Crippen LogP contribution in [0.2, 0.25) is 0 Å². The van der Waals surface area contributed by atoms with Gasteiger partial charge in [-0.2, -0.15) is 0 Å².